The number of aromatic nitrogens is 5. The lowest BCUT2D eigenvalue weighted by molar-refractivity contribution is -0.133. The van der Waals surface area contributed by atoms with Gasteiger partial charge in [-0.3, -0.25) is 9.48 Å². The van der Waals surface area contributed by atoms with Crippen molar-refractivity contribution in [2.24, 2.45) is 0 Å². The highest BCUT2D eigenvalue weighted by Crippen LogP contribution is 2.42. The largest absolute Gasteiger partial charge is 0.366 e. The number of hydrogen-bond donors (Lipinski definition) is 1. The van der Waals surface area contributed by atoms with Gasteiger partial charge in [0.15, 0.2) is 5.65 Å². The molecule has 2 fully saturated rings. The summed E-state index contributed by atoms with van der Waals surface area (Å²) in [5.74, 6) is -0.0381. The zero-order valence-electron chi connectivity index (χ0n) is 22.0. The Kier molecular flexibility index (Phi) is 6.77. The van der Waals surface area contributed by atoms with Crippen LogP contribution in [0.25, 0.3) is 5.65 Å². The zero-order valence-corrected chi connectivity index (χ0v) is 22.7. The summed E-state index contributed by atoms with van der Waals surface area (Å²) in [6, 6.07) is 10.8. The van der Waals surface area contributed by atoms with Crippen molar-refractivity contribution in [3.63, 3.8) is 0 Å². The third-order valence-corrected chi connectivity index (χ3v) is 7.95. The molecule has 2 saturated heterocycles. The molecule has 13 heteroatoms. The molecule has 0 radical (unpaired) electrons. The number of pyridine rings is 1. The maximum Gasteiger partial charge on any atom is 0.247 e. The highest BCUT2D eigenvalue weighted by atomic mass is 35.5. The SMILES string of the molecule is CN1CCN(C(=O)Cn2cc(Nc3nc4c(N5CC(CC#N)(c6ccc(F)c(Cl)c6)C5)cccn4n3)cn2)CC1. The fourth-order valence-electron chi connectivity index (χ4n) is 5.36. The number of likely N-dealkylation sites (N-methyl/N-ethyl adjacent to an activating group) is 1. The molecule has 0 unspecified atom stereocenters. The Bertz CT molecular complexity index is 1600. The van der Waals surface area contributed by atoms with E-state index in [2.05, 4.69) is 38.4 Å². The Morgan fingerprint density at radius 2 is 2.02 bits per heavy atom. The molecule has 1 amide bonds. The molecule has 0 spiro atoms. The molecule has 4 aromatic rings. The molecule has 11 nitrogen and oxygen atoms in total. The first-order valence-corrected chi connectivity index (χ1v) is 13.4. The van der Waals surface area contributed by atoms with Gasteiger partial charge in [0, 0.05) is 63.5 Å². The fraction of sp³-hybridized carbons (Fsp3) is 0.370. The summed E-state index contributed by atoms with van der Waals surface area (Å²) in [7, 11) is 2.06. The van der Waals surface area contributed by atoms with Crippen LogP contribution in [-0.4, -0.2) is 86.4 Å². The Hall–Kier alpha value is -4.21. The quantitative estimate of drug-likeness (QED) is 0.366. The molecule has 1 aromatic carbocycles. The van der Waals surface area contributed by atoms with Crippen molar-refractivity contribution in [1.82, 2.24) is 34.2 Å². The van der Waals surface area contributed by atoms with Crippen molar-refractivity contribution >= 4 is 40.5 Å². The van der Waals surface area contributed by atoms with Crippen LogP contribution in [0.15, 0.2) is 48.9 Å². The summed E-state index contributed by atoms with van der Waals surface area (Å²) in [6.07, 6.45) is 5.51. The minimum atomic E-state index is -0.478. The summed E-state index contributed by atoms with van der Waals surface area (Å²) in [4.78, 5) is 23.6. The van der Waals surface area contributed by atoms with Crippen molar-refractivity contribution in [1.29, 1.82) is 5.26 Å². The second-order valence-corrected chi connectivity index (χ2v) is 10.8. The highest BCUT2D eigenvalue weighted by molar-refractivity contribution is 6.30. The molecule has 6 rings (SSSR count). The molecule has 40 heavy (non-hydrogen) atoms. The smallest absolute Gasteiger partial charge is 0.247 e. The first-order chi connectivity index (χ1) is 19.3. The van der Waals surface area contributed by atoms with Gasteiger partial charge in [0.1, 0.15) is 12.4 Å². The molecule has 2 aliphatic heterocycles. The Labute approximate surface area is 235 Å². The van der Waals surface area contributed by atoms with E-state index in [4.69, 9.17) is 16.6 Å². The first-order valence-electron chi connectivity index (χ1n) is 13.0. The van der Waals surface area contributed by atoms with Crippen LogP contribution in [0.3, 0.4) is 0 Å². The molecule has 0 saturated carbocycles. The monoisotopic (exact) mass is 562 g/mol. The summed E-state index contributed by atoms with van der Waals surface area (Å²) >= 11 is 6.04. The number of nitrogens with zero attached hydrogens (tertiary/aromatic N) is 9. The van der Waals surface area contributed by atoms with Crippen molar-refractivity contribution < 1.29 is 9.18 Å². The number of anilines is 3. The highest BCUT2D eigenvalue weighted by Gasteiger charge is 2.45. The van der Waals surface area contributed by atoms with Crippen LogP contribution < -0.4 is 10.2 Å². The normalized spacial score (nSPS) is 17.1. The lowest BCUT2D eigenvalue weighted by atomic mass is 9.71. The van der Waals surface area contributed by atoms with Gasteiger partial charge in [-0.1, -0.05) is 17.7 Å². The van der Waals surface area contributed by atoms with E-state index < -0.39 is 11.2 Å². The van der Waals surface area contributed by atoms with Crippen LogP contribution in [0, 0.1) is 17.1 Å². The summed E-state index contributed by atoms with van der Waals surface area (Å²) in [5, 5.41) is 21.6. The Morgan fingerprint density at radius 1 is 1.23 bits per heavy atom. The number of rotatable bonds is 7. The maximum atomic E-state index is 13.8. The number of benzene rings is 1. The van der Waals surface area contributed by atoms with Gasteiger partial charge in [0.2, 0.25) is 11.9 Å². The lowest BCUT2D eigenvalue weighted by Gasteiger charge is -2.50. The van der Waals surface area contributed by atoms with E-state index in [0.717, 1.165) is 37.4 Å². The average molecular weight is 563 g/mol. The molecule has 206 valence electrons. The zero-order chi connectivity index (χ0) is 27.9. The fourth-order valence-corrected chi connectivity index (χ4v) is 5.54. The molecule has 2 aliphatic rings. The van der Waals surface area contributed by atoms with Gasteiger partial charge < -0.3 is 20.0 Å². The predicted octanol–water partition coefficient (Wildman–Crippen LogP) is 2.91. The van der Waals surface area contributed by atoms with Crippen LogP contribution in [0.4, 0.5) is 21.7 Å². The minimum Gasteiger partial charge on any atom is -0.366 e. The molecule has 0 bridgehead atoms. The van der Waals surface area contributed by atoms with Crippen LogP contribution >= 0.6 is 11.6 Å². The van der Waals surface area contributed by atoms with E-state index in [1.54, 1.807) is 33.7 Å². The molecule has 3 aromatic heterocycles. The van der Waals surface area contributed by atoms with E-state index in [1.807, 2.05) is 23.2 Å². The van der Waals surface area contributed by atoms with Crippen molar-refractivity contribution in [2.45, 2.75) is 18.4 Å². The second-order valence-electron chi connectivity index (χ2n) is 10.4. The van der Waals surface area contributed by atoms with Crippen LogP contribution in [0.2, 0.25) is 5.02 Å². The predicted molar refractivity (Wildman–Crippen MR) is 148 cm³/mol. The number of amides is 1. The van der Waals surface area contributed by atoms with Gasteiger partial charge in [-0.05, 0) is 36.9 Å². The lowest BCUT2D eigenvalue weighted by Crippen LogP contribution is -2.59. The number of piperazine rings is 1. The van der Waals surface area contributed by atoms with E-state index in [9.17, 15) is 14.4 Å². The first kappa shape index (κ1) is 26.0. The Balaban J connectivity index is 1.15. The maximum absolute atomic E-state index is 13.8. The minimum absolute atomic E-state index is 0.0446. The van der Waals surface area contributed by atoms with Gasteiger partial charge in [-0.25, -0.2) is 8.91 Å². The number of hydrogen-bond acceptors (Lipinski definition) is 8. The number of nitrogens with one attached hydrogen (secondary N) is 1. The second kappa shape index (κ2) is 10.4. The number of carbonyl (C=O) groups is 1. The topological polar surface area (TPSA) is 111 Å². The van der Waals surface area contributed by atoms with E-state index in [1.165, 1.54) is 6.07 Å². The van der Waals surface area contributed by atoms with Gasteiger partial charge in [0.25, 0.3) is 0 Å². The third-order valence-electron chi connectivity index (χ3n) is 7.66. The molecular formula is C27H28ClFN10O. The van der Waals surface area contributed by atoms with Crippen LogP contribution in [0.1, 0.15) is 12.0 Å². The molecule has 5 heterocycles. The molecule has 1 N–H and O–H groups in total. The number of nitriles is 1. The molecule has 0 aliphatic carbocycles. The van der Waals surface area contributed by atoms with E-state index in [-0.39, 0.29) is 23.9 Å². The average Bonchev–Trinajstić information content (AvgIpc) is 3.54. The number of fused-ring (bicyclic) bond motifs is 1. The standard InChI is InChI=1S/C27H28ClFN10O/c1-35-9-11-36(12-10-35)24(40)16-38-15-20(14-31-38)32-26-33-25-23(3-2-8-39(25)34-26)37-17-27(18-37,6-7-30)19-4-5-22(29)21(28)13-19/h2-5,8,13-15H,6,9-12,16-18H2,1H3,(H,32,34). The van der Waals surface area contributed by atoms with Crippen LogP contribution in [0.5, 0.6) is 0 Å². The van der Waals surface area contributed by atoms with Gasteiger partial charge in [0.05, 0.1) is 28.7 Å². The van der Waals surface area contributed by atoms with Crippen molar-refractivity contribution in [3.8, 4) is 6.07 Å². The Morgan fingerprint density at radius 3 is 2.77 bits per heavy atom. The van der Waals surface area contributed by atoms with Crippen LogP contribution in [-0.2, 0) is 16.8 Å². The molecule has 0 atom stereocenters. The van der Waals surface area contributed by atoms with Gasteiger partial charge in [-0.15, -0.1) is 5.10 Å². The number of halogens is 2. The summed E-state index contributed by atoms with van der Waals surface area (Å²) in [5.41, 5.74) is 2.60. The van der Waals surface area contributed by atoms with Gasteiger partial charge in [-0.2, -0.15) is 15.3 Å². The molecular weight excluding hydrogens is 535 g/mol. The van der Waals surface area contributed by atoms with E-state index in [0.29, 0.717) is 30.4 Å². The number of carbonyl (C=O) groups excluding carboxylic acids is 1. The van der Waals surface area contributed by atoms with Crippen molar-refractivity contribution in [3.05, 3.63) is 65.3 Å². The third kappa shape index (κ3) is 4.94. The summed E-state index contributed by atoms with van der Waals surface area (Å²) < 4.78 is 17.1. The van der Waals surface area contributed by atoms with E-state index >= 15 is 0 Å². The van der Waals surface area contributed by atoms with Gasteiger partial charge >= 0.3 is 0 Å². The van der Waals surface area contributed by atoms with Crippen molar-refractivity contribution in [2.75, 3.05) is 56.5 Å². The summed E-state index contributed by atoms with van der Waals surface area (Å²) in [6.45, 7) is 4.49.